The van der Waals surface area contributed by atoms with Crippen molar-refractivity contribution < 1.29 is 4.74 Å². The van der Waals surface area contributed by atoms with Crippen molar-refractivity contribution in [3.05, 3.63) is 48.2 Å². The third-order valence-electron chi connectivity index (χ3n) is 3.33. The molecule has 1 heterocycles. The van der Waals surface area contributed by atoms with Gasteiger partial charge in [0.05, 0.1) is 7.11 Å². The second kappa shape index (κ2) is 7.09. The van der Waals surface area contributed by atoms with Gasteiger partial charge in [-0.1, -0.05) is 26.0 Å². The molecule has 0 amide bonds. The molecule has 112 valence electrons. The zero-order valence-corrected chi connectivity index (χ0v) is 13.1. The van der Waals surface area contributed by atoms with Crippen LogP contribution in [0.4, 0.5) is 11.5 Å². The van der Waals surface area contributed by atoms with Gasteiger partial charge in [0.1, 0.15) is 11.6 Å². The normalized spacial score (nSPS) is 10.7. The molecule has 0 saturated heterocycles. The van der Waals surface area contributed by atoms with Crippen molar-refractivity contribution in [2.45, 2.75) is 26.4 Å². The molecule has 0 aliphatic rings. The Balaban J connectivity index is 2.27. The standard InChI is InChI=1S/C17H23N3O/c1-13(2)19-12-14-7-6-10-18-17(14)20(3)15-8-5-9-16(11-15)21-4/h5-11,13,19H,12H2,1-4H3. The predicted octanol–water partition coefficient (Wildman–Crippen LogP) is 3.36. The largest absolute Gasteiger partial charge is 0.497 e. The van der Waals surface area contributed by atoms with Gasteiger partial charge in [-0.3, -0.25) is 0 Å². The number of pyridine rings is 1. The molecule has 0 radical (unpaired) electrons. The molecule has 0 aliphatic carbocycles. The highest BCUT2D eigenvalue weighted by molar-refractivity contribution is 5.63. The molecule has 4 heteroatoms. The number of hydrogen-bond acceptors (Lipinski definition) is 4. The van der Waals surface area contributed by atoms with Crippen molar-refractivity contribution in [1.82, 2.24) is 10.3 Å². The maximum atomic E-state index is 5.29. The van der Waals surface area contributed by atoms with Crippen LogP contribution in [-0.2, 0) is 6.54 Å². The van der Waals surface area contributed by atoms with E-state index in [-0.39, 0.29) is 0 Å². The fraction of sp³-hybridized carbons (Fsp3) is 0.353. The van der Waals surface area contributed by atoms with Gasteiger partial charge in [0, 0.05) is 43.1 Å². The van der Waals surface area contributed by atoms with Crippen LogP contribution in [-0.4, -0.2) is 25.2 Å². The van der Waals surface area contributed by atoms with Crippen molar-refractivity contribution >= 4 is 11.5 Å². The maximum absolute atomic E-state index is 5.29. The highest BCUT2D eigenvalue weighted by Gasteiger charge is 2.11. The molecule has 0 saturated carbocycles. The summed E-state index contributed by atoms with van der Waals surface area (Å²) in [6, 6.07) is 12.5. The van der Waals surface area contributed by atoms with Gasteiger partial charge < -0.3 is 15.0 Å². The van der Waals surface area contributed by atoms with E-state index in [4.69, 9.17) is 4.74 Å². The first-order valence-corrected chi connectivity index (χ1v) is 7.17. The minimum Gasteiger partial charge on any atom is -0.497 e. The molecule has 2 rings (SSSR count). The SMILES string of the molecule is COc1cccc(N(C)c2ncccc2CNC(C)C)c1. The number of rotatable bonds is 6. The summed E-state index contributed by atoms with van der Waals surface area (Å²) in [5.41, 5.74) is 2.23. The molecule has 0 bridgehead atoms. The Morgan fingerprint density at radius 2 is 2.05 bits per heavy atom. The van der Waals surface area contributed by atoms with Crippen LogP contribution in [0, 0.1) is 0 Å². The lowest BCUT2D eigenvalue weighted by Gasteiger charge is -2.22. The molecule has 1 aromatic carbocycles. The van der Waals surface area contributed by atoms with E-state index in [1.807, 2.05) is 37.5 Å². The number of benzene rings is 1. The summed E-state index contributed by atoms with van der Waals surface area (Å²) < 4.78 is 5.29. The number of anilines is 2. The summed E-state index contributed by atoms with van der Waals surface area (Å²) in [6.07, 6.45) is 1.82. The number of aromatic nitrogens is 1. The second-order valence-corrected chi connectivity index (χ2v) is 5.28. The van der Waals surface area contributed by atoms with E-state index in [1.54, 1.807) is 7.11 Å². The number of nitrogens with one attached hydrogen (secondary N) is 1. The number of nitrogens with zero attached hydrogens (tertiary/aromatic N) is 2. The molecule has 1 aromatic heterocycles. The summed E-state index contributed by atoms with van der Waals surface area (Å²) in [7, 11) is 3.70. The van der Waals surface area contributed by atoms with E-state index in [2.05, 4.69) is 41.2 Å². The first-order chi connectivity index (χ1) is 10.1. The van der Waals surface area contributed by atoms with Crippen molar-refractivity contribution in [3.63, 3.8) is 0 Å². The number of ether oxygens (including phenoxy) is 1. The lowest BCUT2D eigenvalue weighted by atomic mass is 10.2. The Morgan fingerprint density at radius 3 is 2.76 bits per heavy atom. The Hall–Kier alpha value is -2.07. The quantitative estimate of drug-likeness (QED) is 0.883. The van der Waals surface area contributed by atoms with E-state index < -0.39 is 0 Å². The highest BCUT2D eigenvalue weighted by Crippen LogP contribution is 2.27. The molecule has 0 unspecified atom stereocenters. The topological polar surface area (TPSA) is 37.4 Å². The van der Waals surface area contributed by atoms with Gasteiger partial charge in [0.2, 0.25) is 0 Å². The van der Waals surface area contributed by atoms with Crippen LogP contribution in [0.3, 0.4) is 0 Å². The lowest BCUT2D eigenvalue weighted by Crippen LogP contribution is -2.24. The average Bonchev–Trinajstić information content (AvgIpc) is 2.52. The van der Waals surface area contributed by atoms with E-state index >= 15 is 0 Å². The van der Waals surface area contributed by atoms with Gasteiger partial charge >= 0.3 is 0 Å². The van der Waals surface area contributed by atoms with Gasteiger partial charge in [-0.2, -0.15) is 0 Å². The first kappa shape index (κ1) is 15.3. The van der Waals surface area contributed by atoms with E-state index in [0.29, 0.717) is 6.04 Å². The zero-order chi connectivity index (χ0) is 15.2. The van der Waals surface area contributed by atoms with Crippen LogP contribution in [0.15, 0.2) is 42.6 Å². The maximum Gasteiger partial charge on any atom is 0.137 e. The monoisotopic (exact) mass is 285 g/mol. The zero-order valence-electron chi connectivity index (χ0n) is 13.1. The minimum atomic E-state index is 0.445. The highest BCUT2D eigenvalue weighted by atomic mass is 16.5. The Kier molecular flexibility index (Phi) is 5.17. The van der Waals surface area contributed by atoms with Gasteiger partial charge in [-0.25, -0.2) is 4.98 Å². The number of methoxy groups -OCH3 is 1. The Labute approximate surface area is 126 Å². The van der Waals surface area contributed by atoms with E-state index in [9.17, 15) is 0 Å². The third kappa shape index (κ3) is 3.95. The van der Waals surface area contributed by atoms with Crippen LogP contribution in [0.5, 0.6) is 5.75 Å². The molecule has 0 aliphatic heterocycles. The fourth-order valence-corrected chi connectivity index (χ4v) is 2.13. The smallest absolute Gasteiger partial charge is 0.137 e. The lowest BCUT2D eigenvalue weighted by molar-refractivity contribution is 0.415. The average molecular weight is 285 g/mol. The van der Waals surface area contributed by atoms with Gasteiger partial charge in [0.25, 0.3) is 0 Å². The van der Waals surface area contributed by atoms with E-state index in [1.165, 1.54) is 5.56 Å². The summed E-state index contributed by atoms with van der Waals surface area (Å²) in [5.74, 6) is 1.80. The molecule has 0 atom stereocenters. The van der Waals surface area contributed by atoms with Gasteiger partial charge in [-0.15, -0.1) is 0 Å². The fourth-order valence-electron chi connectivity index (χ4n) is 2.13. The summed E-state index contributed by atoms with van der Waals surface area (Å²) in [5, 5.41) is 3.44. The predicted molar refractivity (Wildman–Crippen MR) is 87.3 cm³/mol. The third-order valence-corrected chi connectivity index (χ3v) is 3.33. The number of hydrogen-bond donors (Lipinski definition) is 1. The van der Waals surface area contributed by atoms with Gasteiger partial charge in [0.15, 0.2) is 0 Å². The minimum absolute atomic E-state index is 0.445. The molecule has 0 fully saturated rings. The van der Waals surface area contributed by atoms with Crippen LogP contribution < -0.4 is 15.0 Å². The molecule has 1 N–H and O–H groups in total. The Morgan fingerprint density at radius 1 is 1.24 bits per heavy atom. The second-order valence-electron chi connectivity index (χ2n) is 5.28. The van der Waals surface area contributed by atoms with Crippen molar-refractivity contribution in [1.29, 1.82) is 0 Å². The summed E-state index contributed by atoms with van der Waals surface area (Å²) in [4.78, 5) is 6.62. The molecular formula is C17H23N3O. The van der Waals surface area contributed by atoms with Crippen molar-refractivity contribution in [2.75, 3.05) is 19.1 Å². The summed E-state index contributed by atoms with van der Waals surface area (Å²) >= 11 is 0. The molecule has 4 nitrogen and oxygen atoms in total. The molecule has 21 heavy (non-hydrogen) atoms. The van der Waals surface area contributed by atoms with Crippen LogP contribution in [0.2, 0.25) is 0 Å². The van der Waals surface area contributed by atoms with Crippen molar-refractivity contribution in [3.8, 4) is 5.75 Å². The Bertz CT molecular complexity index is 584. The first-order valence-electron chi connectivity index (χ1n) is 7.17. The van der Waals surface area contributed by atoms with E-state index in [0.717, 1.165) is 23.8 Å². The summed E-state index contributed by atoms with van der Waals surface area (Å²) in [6.45, 7) is 5.08. The molecule has 0 spiro atoms. The van der Waals surface area contributed by atoms with Crippen LogP contribution >= 0.6 is 0 Å². The van der Waals surface area contributed by atoms with Gasteiger partial charge in [-0.05, 0) is 18.2 Å². The van der Waals surface area contributed by atoms with Crippen LogP contribution in [0.1, 0.15) is 19.4 Å². The van der Waals surface area contributed by atoms with Crippen molar-refractivity contribution in [2.24, 2.45) is 0 Å². The van der Waals surface area contributed by atoms with Crippen LogP contribution in [0.25, 0.3) is 0 Å². The molecular weight excluding hydrogens is 262 g/mol. The molecule has 2 aromatic rings.